The predicted molar refractivity (Wildman–Crippen MR) is 101 cm³/mol. The number of para-hydroxylation sites is 1. The Morgan fingerprint density at radius 1 is 1.40 bits per heavy atom. The van der Waals surface area contributed by atoms with Crippen LogP contribution in [0, 0.1) is 0 Å². The molecule has 1 aromatic carbocycles. The van der Waals surface area contributed by atoms with Crippen LogP contribution in [0.4, 0.5) is 0 Å². The van der Waals surface area contributed by atoms with E-state index >= 15 is 0 Å². The van der Waals surface area contributed by atoms with Gasteiger partial charge in [-0.05, 0) is 30.6 Å². The fourth-order valence-electron chi connectivity index (χ4n) is 2.17. The molecule has 8 heteroatoms. The Kier molecular flexibility index (Phi) is 7.27. The summed E-state index contributed by atoms with van der Waals surface area (Å²) in [6, 6.07) is 6.25. The maximum absolute atomic E-state index is 12.6. The Morgan fingerprint density at radius 3 is 2.80 bits per heavy atom. The number of benzene rings is 1. The molecule has 134 valence electrons. The van der Waals surface area contributed by atoms with Crippen LogP contribution in [0.15, 0.2) is 40.8 Å². The van der Waals surface area contributed by atoms with E-state index in [0.29, 0.717) is 22.5 Å². The minimum Gasteiger partial charge on any atom is -0.496 e. The van der Waals surface area contributed by atoms with Gasteiger partial charge in [0, 0.05) is 18.6 Å². The van der Waals surface area contributed by atoms with E-state index in [0.717, 1.165) is 5.75 Å². The summed E-state index contributed by atoms with van der Waals surface area (Å²) in [6.45, 7) is 0. The molecule has 0 aliphatic heterocycles. The first kappa shape index (κ1) is 19.3. The molecule has 0 saturated carbocycles. The Hall–Kier alpha value is -2.06. The number of thiazole rings is 1. The van der Waals surface area contributed by atoms with Gasteiger partial charge >= 0.3 is 0 Å². The summed E-state index contributed by atoms with van der Waals surface area (Å²) in [7, 11) is 3.33. The normalized spacial score (nSPS) is 12.7. The first-order valence-electron chi connectivity index (χ1n) is 7.68. The second kappa shape index (κ2) is 9.43. The molecular formula is C17H21N3O3S2. The third kappa shape index (κ3) is 5.20. The molecule has 2 amide bonds. The van der Waals surface area contributed by atoms with Gasteiger partial charge in [0.1, 0.15) is 11.8 Å². The molecule has 1 heterocycles. The van der Waals surface area contributed by atoms with Crippen LogP contribution in [0.1, 0.15) is 16.8 Å². The summed E-state index contributed by atoms with van der Waals surface area (Å²) >= 11 is 2.99. The lowest BCUT2D eigenvalue weighted by atomic mass is 10.1. The quantitative estimate of drug-likeness (QED) is 0.799. The molecule has 2 rings (SSSR count). The van der Waals surface area contributed by atoms with Gasteiger partial charge in [0.25, 0.3) is 11.8 Å². The topological polar surface area (TPSA) is 72.7 Å². The standard InChI is InChI=1S/C17H21N3O3S2/c1-20-9-11-25-17(20)19-16(22)13(8-10-24-3)18-15(21)12-6-4-5-7-14(12)23-2/h4-7,9,11,13H,8,10H2,1-3H3,(H,18,21)/t13-/m0/s1. The average molecular weight is 380 g/mol. The lowest BCUT2D eigenvalue weighted by molar-refractivity contribution is -0.119. The van der Waals surface area contributed by atoms with Gasteiger partial charge in [0.15, 0.2) is 4.80 Å². The molecule has 0 unspecified atom stereocenters. The molecule has 2 aromatic rings. The lowest BCUT2D eigenvalue weighted by Crippen LogP contribution is -2.41. The van der Waals surface area contributed by atoms with E-state index in [4.69, 9.17) is 4.74 Å². The van der Waals surface area contributed by atoms with Crippen LogP contribution in [-0.4, -0.2) is 41.5 Å². The molecule has 6 nitrogen and oxygen atoms in total. The predicted octanol–water partition coefficient (Wildman–Crippen LogP) is 2.07. The van der Waals surface area contributed by atoms with Crippen LogP contribution in [-0.2, 0) is 11.8 Å². The number of thioether (sulfide) groups is 1. The Morgan fingerprint density at radius 2 is 2.16 bits per heavy atom. The molecule has 0 radical (unpaired) electrons. The lowest BCUT2D eigenvalue weighted by Gasteiger charge is -2.16. The molecular weight excluding hydrogens is 358 g/mol. The maximum Gasteiger partial charge on any atom is 0.270 e. The van der Waals surface area contributed by atoms with Crippen molar-refractivity contribution < 1.29 is 14.3 Å². The first-order chi connectivity index (χ1) is 12.1. The van der Waals surface area contributed by atoms with Crippen molar-refractivity contribution >= 4 is 34.9 Å². The SMILES string of the molecule is COc1ccccc1C(=O)N[C@@H](CCSC)C(=O)N=c1sccn1C. The van der Waals surface area contributed by atoms with Crippen molar-refractivity contribution in [2.24, 2.45) is 12.0 Å². The van der Waals surface area contributed by atoms with Gasteiger partial charge in [0.05, 0.1) is 12.7 Å². The number of nitrogens with zero attached hydrogens (tertiary/aromatic N) is 2. The molecule has 1 atom stereocenters. The summed E-state index contributed by atoms with van der Waals surface area (Å²) in [5.41, 5.74) is 0.397. The number of ether oxygens (including phenoxy) is 1. The minimum absolute atomic E-state index is 0.345. The van der Waals surface area contributed by atoms with Crippen molar-refractivity contribution in [2.75, 3.05) is 19.1 Å². The summed E-state index contributed by atoms with van der Waals surface area (Å²) in [5.74, 6) is 0.519. The minimum atomic E-state index is -0.674. The number of carbonyl (C=O) groups is 2. The highest BCUT2D eigenvalue weighted by Gasteiger charge is 2.22. The maximum atomic E-state index is 12.6. The zero-order valence-electron chi connectivity index (χ0n) is 14.4. The van der Waals surface area contributed by atoms with Crippen LogP contribution in [0.3, 0.4) is 0 Å². The van der Waals surface area contributed by atoms with Crippen LogP contribution < -0.4 is 14.9 Å². The number of hydrogen-bond acceptors (Lipinski definition) is 5. The van der Waals surface area contributed by atoms with Crippen molar-refractivity contribution in [3.63, 3.8) is 0 Å². The second-order valence-electron chi connectivity index (χ2n) is 5.25. The van der Waals surface area contributed by atoms with Crippen LogP contribution in [0.2, 0.25) is 0 Å². The molecule has 1 aromatic heterocycles. The van der Waals surface area contributed by atoms with Crippen molar-refractivity contribution in [1.29, 1.82) is 0 Å². The molecule has 0 saturated heterocycles. The van der Waals surface area contributed by atoms with E-state index in [1.807, 2.05) is 24.9 Å². The number of rotatable bonds is 7. The van der Waals surface area contributed by atoms with Crippen molar-refractivity contribution in [2.45, 2.75) is 12.5 Å². The number of carbonyl (C=O) groups excluding carboxylic acids is 2. The van der Waals surface area contributed by atoms with E-state index in [2.05, 4.69) is 10.3 Å². The molecule has 0 aliphatic carbocycles. The van der Waals surface area contributed by atoms with E-state index in [-0.39, 0.29) is 11.8 Å². The number of aromatic nitrogens is 1. The summed E-state index contributed by atoms with van der Waals surface area (Å²) in [5, 5.41) is 4.65. The zero-order valence-corrected chi connectivity index (χ0v) is 16.0. The highest BCUT2D eigenvalue weighted by atomic mass is 32.2. The number of nitrogens with one attached hydrogen (secondary N) is 1. The average Bonchev–Trinajstić information content (AvgIpc) is 3.02. The molecule has 1 N–H and O–H groups in total. The monoisotopic (exact) mass is 379 g/mol. The molecule has 0 aliphatic rings. The third-order valence-corrected chi connectivity index (χ3v) is 5.02. The highest BCUT2D eigenvalue weighted by molar-refractivity contribution is 7.98. The van der Waals surface area contributed by atoms with Crippen LogP contribution in [0.5, 0.6) is 5.75 Å². The van der Waals surface area contributed by atoms with Gasteiger partial charge in [-0.15, -0.1) is 11.3 Å². The van der Waals surface area contributed by atoms with Gasteiger partial charge in [-0.25, -0.2) is 0 Å². The zero-order chi connectivity index (χ0) is 18.2. The number of aryl methyl sites for hydroxylation is 1. The Labute approximate surface area is 154 Å². The van der Waals surface area contributed by atoms with E-state index in [9.17, 15) is 9.59 Å². The Balaban J connectivity index is 2.21. The molecule has 25 heavy (non-hydrogen) atoms. The fraction of sp³-hybridized carbons (Fsp3) is 0.353. The van der Waals surface area contributed by atoms with Gasteiger partial charge in [-0.2, -0.15) is 16.8 Å². The van der Waals surface area contributed by atoms with Crippen molar-refractivity contribution in [3.05, 3.63) is 46.2 Å². The van der Waals surface area contributed by atoms with Gasteiger partial charge in [-0.1, -0.05) is 12.1 Å². The smallest absolute Gasteiger partial charge is 0.270 e. The molecule has 0 fully saturated rings. The highest BCUT2D eigenvalue weighted by Crippen LogP contribution is 2.17. The molecule has 0 bridgehead atoms. The summed E-state index contributed by atoms with van der Waals surface area (Å²) in [6.07, 6.45) is 4.31. The number of methoxy groups -OCH3 is 1. The number of hydrogen-bond donors (Lipinski definition) is 1. The van der Waals surface area contributed by atoms with Gasteiger partial charge in [0.2, 0.25) is 0 Å². The second-order valence-corrected chi connectivity index (χ2v) is 7.11. The first-order valence-corrected chi connectivity index (χ1v) is 9.95. The van der Waals surface area contributed by atoms with Crippen molar-refractivity contribution in [1.82, 2.24) is 9.88 Å². The molecule has 0 spiro atoms. The Bertz CT molecular complexity index is 798. The van der Waals surface area contributed by atoms with E-state index in [1.165, 1.54) is 18.4 Å². The third-order valence-electron chi connectivity index (χ3n) is 3.53. The van der Waals surface area contributed by atoms with Crippen LogP contribution >= 0.6 is 23.1 Å². The fourth-order valence-corrected chi connectivity index (χ4v) is 3.37. The van der Waals surface area contributed by atoms with Gasteiger partial charge in [-0.3, -0.25) is 9.59 Å². The van der Waals surface area contributed by atoms with Crippen molar-refractivity contribution in [3.8, 4) is 5.75 Å². The van der Waals surface area contributed by atoms with Gasteiger partial charge < -0.3 is 14.6 Å². The van der Waals surface area contributed by atoms with Crippen LogP contribution in [0.25, 0.3) is 0 Å². The van der Waals surface area contributed by atoms with E-state index in [1.54, 1.807) is 40.6 Å². The number of amides is 2. The largest absolute Gasteiger partial charge is 0.496 e. The van der Waals surface area contributed by atoms with E-state index < -0.39 is 6.04 Å². The summed E-state index contributed by atoms with van der Waals surface area (Å²) < 4.78 is 6.99. The summed E-state index contributed by atoms with van der Waals surface area (Å²) in [4.78, 5) is 29.9.